The maximum absolute atomic E-state index is 12.4. The topological polar surface area (TPSA) is 74.8 Å². The summed E-state index contributed by atoms with van der Waals surface area (Å²) in [7, 11) is 3.49. The van der Waals surface area contributed by atoms with Gasteiger partial charge in [-0.15, -0.1) is 0 Å². The van der Waals surface area contributed by atoms with Gasteiger partial charge in [-0.05, 0) is 24.8 Å². The van der Waals surface area contributed by atoms with Crippen LogP contribution in [0.25, 0.3) is 22.8 Å². The van der Waals surface area contributed by atoms with Crippen LogP contribution in [0.1, 0.15) is 28.0 Å². The summed E-state index contributed by atoms with van der Waals surface area (Å²) in [6.07, 6.45) is 4.53. The number of benzene rings is 1. The second-order valence-corrected chi connectivity index (χ2v) is 6.41. The van der Waals surface area contributed by atoms with Crippen LogP contribution in [0.3, 0.4) is 0 Å². The van der Waals surface area contributed by atoms with E-state index in [1.807, 2.05) is 36.5 Å². The zero-order valence-electron chi connectivity index (χ0n) is 14.3. The molecule has 2 aromatic heterocycles. The Bertz CT molecular complexity index is 930. The number of hydrogen-bond donors (Lipinski definition) is 1. The number of aromatic nitrogens is 4. The van der Waals surface area contributed by atoms with Crippen molar-refractivity contribution in [1.29, 1.82) is 0 Å². The second kappa shape index (κ2) is 6.12. The molecule has 1 amide bonds. The van der Waals surface area contributed by atoms with Crippen LogP contribution in [-0.2, 0) is 12.8 Å². The van der Waals surface area contributed by atoms with Crippen molar-refractivity contribution < 1.29 is 4.79 Å². The predicted octanol–water partition coefficient (Wildman–Crippen LogP) is 2.72. The molecule has 0 aliphatic heterocycles. The molecule has 0 saturated carbocycles. The van der Waals surface area contributed by atoms with Gasteiger partial charge in [0.2, 0.25) is 0 Å². The third-order valence-electron chi connectivity index (χ3n) is 4.48. The van der Waals surface area contributed by atoms with E-state index in [2.05, 4.69) is 15.2 Å². The Morgan fingerprint density at radius 2 is 1.92 bits per heavy atom. The summed E-state index contributed by atoms with van der Waals surface area (Å²) in [5.41, 5.74) is 5.17. The van der Waals surface area contributed by atoms with Crippen LogP contribution in [0, 0.1) is 0 Å². The van der Waals surface area contributed by atoms with E-state index in [0.717, 1.165) is 47.3 Å². The van der Waals surface area contributed by atoms with Crippen LogP contribution in [0.5, 0.6) is 0 Å². The van der Waals surface area contributed by atoms with Gasteiger partial charge in [0.15, 0.2) is 5.82 Å². The van der Waals surface area contributed by atoms with Crippen molar-refractivity contribution in [1.82, 2.24) is 25.1 Å². The second-order valence-electron chi connectivity index (χ2n) is 6.41. The fraction of sp³-hybridized carbons (Fsp3) is 0.263. The van der Waals surface area contributed by atoms with Gasteiger partial charge in [-0.25, -0.2) is 9.97 Å². The summed E-state index contributed by atoms with van der Waals surface area (Å²) in [5, 5.41) is 7.36. The number of nitrogens with zero attached hydrogens (tertiary/aromatic N) is 4. The van der Waals surface area contributed by atoms with Crippen molar-refractivity contribution >= 4 is 5.91 Å². The number of carbonyl (C=O) groups is 1. The molecule has 3 aromatic rings. The van der Waals surface area contributed by atoms with Crippen LogP contribution < -0.4 is 0 Å². The minimum Gasteiger partial charge on any atom is -0.343 e. The van der Waals surface area contributed by atoms with Crippen molar-refractivity contribution in [3.63, 3.8) is 0 Å². The Kier molecular flexibility index (Phi) is 3.80. The lowest BCUT2D eigenvalue weighted by Crippen LogP contribution is -2.23. The van der Waals surface area contributed by atoms with E-state index in [9.17, 15) is 4.79 Å². The van der Waals surface area contributed by atoms with Crippen molar-refractivity contribution in [2.45, 2.75) is 19.3 Å². The maximum Gasteiger partial charge on any atom is 0.271 e. The molecule has 0 bridgehead atoms. The van der Waals surface area contributed by atoms with E-state index >= 15 is 0 Å². The van der Waals surface area contributed by atoms with E-state index in [4.69, 9.17) is 4.98 Å². The predicted molar refractivity (Wildman–Crippen MR) is 95.1 cm³/mol. The highest BCUT2D eigenvalue weighted by Crippen LogP contribution is 2.32. The zero-order valence-corrected chi connectivity index (χ0v) is 14.3. The van der Waals surface area contributed by atoms with Gasteiger partial charge in [-0.1, -0.05) is 30.3 Å². The highest BCUT2D eigenvalue weighted by Gasteiger charge is 2.26. The first-order valence-electron chi connectivity index (χ1n) is 8.35. The van der Waals surface area contributed by atoms with Crippen molar-refractivity contribution in [2.24, 2.45) is 0 Å². The average molecular weight is 333 g/mol. The normalized spacial score (nSPS) is 12.9. The van der Waals surface area contributed by atoms with Crippen molar-refractivity contribution in [3.05, 3.63) is 53.3 Å². The molecule has 0 spiro atoms. The first-order valence-corrected chi connectivity index (χ1v) is 8.35. The van der Waals surface area contributed by atoms with Crippen LogP contribution in [-0.4, -0.2) is 45.1 Å². The summed E-state index contributed by atoms with van der Waals surface area (Å²) in [6, 6.07) is 9.89. The number of aromatic amines is 1. The first kappa shape index (κ1) is 15.5. The minimum absolute atomic E-state index is 0.0606. The summed E-state index contributed by atoms with van der Waals surface area (Å²) < 4.78 is 0. The van der Waals surface area contributed by atoms with Gasteiger partial charge >= 0.3 is 0 Å². The Hall–Kier alpha value is -3.02. The van der Waals surface area contributed by atoms with Gasteiger partial charge in [0.25, 0.3) is 5.91 Å². The molecule has 0 saturated heterocycles. The third kappa shape index (κ3) is 2.69. The van der Waals surface area contributed by atoms with E-state index < -0.39 is 0 Å². The molecule has 25 heavy (non-hydrogen) atoms. The number of rotatable bonds is 2. The molecule has 4 rings (SSSR count). The van der Waals surface area contributed by atoms with Crippen molar-refractivity contribution in [2.75, 3.05) is 14.1 Å². The lowest BCUT2D eigenvalue weighted by molar-refractivity contribution is 0.0821. The van der Waals surface area contributed by atoms with E-state index in [1.165, 1.54) is 0 Å². The number of hydrogen-bond acceptors (Lipinski definition) is 4. The van der Waals surface area contributed by atoms with Crippen LogP contribution in [0.15, 0.2) is 36.5 Å². The number of fused-ring (bicyclic) bond motifs is 3. The number of H-pyrrole nitrogens is 1. The molecule has 0 atom stereocenters. The third-order valence-corrected chi connectivity index (χ3v) is 4.48. The lowest BCUT2D eigenvalue weighted by Gasteiger charge is -2.10. The SMILES string of the molecule is CN(C)C(=O)c1[nH]nc2c1CCCc1cnc(-c3ccccc3)nc1-2. The highest BCUT2D eigenvalue weighted by molar-refractivity contribution is 5.95. The Morgan fingerprint density at radius 1 is 1.12 bits per heavy atom. The van der Waals surface area contributed by atoms with Gasteiger partial charge in [0, 0.05) is 31.4 Å². The minimum atomic E-state index is -0.0606. The molecular weight excluding hydrogens is 314 g/mol. The summed E-state index contributed by atoms with van der Waals surface area (Å²) in [6.45, 7) is 0. The van der Waals surface area contributed by atoms with Gasteiger partial charge in [-0.3, -0.25) is 9.89 Å². The molecule has 0 unspecified atom stereocenters. The van der Waals surface area contributed by atoms with Gasteiger partial charge < -0.3 is 4.90 Å². The van der Waals surface area contributed by atoms with E-state index in [-0.39, 0.29) is 5.91 Å². The number of amides is 1. The molecular formula is C19H19N5O. The Balaban J connectivity index is 1.85. The lowest BCUT2D eigenvalue weighted by atomic mass is 10.1. The average Bonchev–Trinajstić information content (AvgIpc) is 2.97. The largest absolute Gasteiger partial charge is 0.343 e. The number of aryl methyl sites for hydroxylation is 1. The van der Waals surface area contributed by atoms with Gasteiger partial charge in [0.1, 0.15) is 11.4 Å². The van der Waals surface area contributed by atoms with Crippen LogP contribution >= 0.6 is 0 Å². The summed E-state index contributed by atoms with van der Waals surface area (Å²) in [4.78, 5) is 23.3. The van der Waals surface area contributed by atoms with Gasteiger partial charge in [0.05, 0.1) is 5.69 Å². The Morgan fingerprint density at radius 3 is 2.68 bits per heavy atom. The van der Waals surface area contributed by atoms with Crippen LogP contribution in [0.4, 0.5) is 0 Å². The quantitative estimate of drug-likeness (QED) is 0.782. The molecule has 6 nitrogen and oxygen atoms in total. The maximum atomic E-state index is 12.4. The fourth-order valence-electron chi connectivity index (χ4n) is 3.18. The van der Waals surface area contributed by atoms with Crippen molar-refractivity contribution in [3.8, 4) is 22.8 Å². The van der Waals surface area contributed by atoms with E-state index in [0.29, 0.717) is 11.5 Å². The molecule has 126 valence electrons. The molecule has 0 radical (unpaired) electrons. The smallest absolute Gasteiger partial charge is 0.271 e. The molecule has 2 heterocycles. The standard InChI is InChI=1S/C19H19N5O/c1-24(2)19(25)17-14-10-6-9-13-11-20-18(12-7-4-3-5-8-12)21-15(13)16(14)22-23-17/h3-5,7-8,11H,6,9-10H2,1-2H3,(H,22,23). The zero-order chi connectivity index (χ0) is 17.4. The van der Waals surface area contributed by atoms with Gasteiger partial charge in [-0.2, -0.15) is 5.10 Å². The Labute approximate surface area is 145 Å². The molecule has 1 aliphatic rings. The molecule has 1 aromatic carbocycles. The van der Waals surface area contributed by atoms with E-state index in [1.54, 1.807) is 19.0 Å². The molecule has 1 aliphatic carbocycles. The van der Waals surface area contributed by atoms with Crippen LogP contribution in [0.2, 0.25) is 0 Å². The fourth-order valence-corrected chi connectivity index (χ4v) is 3.18. The summed E-state index contributed by atoms with van der Waals surface area (Å²) >= 11 is 0. The molecule has 6 heteroatoms. The summed E-state index contributed by atoms with van der Waals surface area (Å²) in [5.74, 6) is 0.616. The monoisotopic (exact) mass is 333 g/mol. The highest BCUT2D eigenvalue weighted by atomic mass is 16.2. The molecule has 0 fully saturated rings. The molecule has 1 N–H and O–H groups in total. The first-order chi connectivity index (χ1) is 12.1. The number of nitrogens with one attached hydrogen (secondary N) is 1. The number of carbonyl (C=O) groups excluding carboxylic acids is 1.